The van der Waals surface area contributed by atoms with Gasteiger partial charge >= 0.3 is 11.9 Å². The molecule has 0 saturated heterocycles. The van der Waals surface area contributed by atoms with Gasteiger partial charge in [-0.3, -0.25) is 9.78 Å². The fourth-order valence-electron chi connectivity index (χ4n) is 2.58. The van der Waals surface area contributed by atoms with Gasteiger partial charge in [0.05, 0.1) is 16.6 Å². The predicted molar refractivity (Wildman–Crippen MR) is 98.8 cm³/mol. The molecule has 0 saturated carbocycles. The Morgan fingerprint density at radius 1 is 1.07 bits per heavy atom. The topological polar surface area (TPSA) is 106 Å². The third kappa shape index (κ3) is 4.27. The number of aromatic carboxylic acids is 1. The Morgan fingerprint density at radius 3 is 2.48 bits per heavy atom. The van der Waals surface area contributed by atoms with E-state index in [4.69, 9.17) is 9.84 Å². The predicted octanol–water partition coefficient (Wildman–Crippen LogP) is 3.04. The molecule has 0 atom stereocenters. The number of para-hydroxylation sites is 1. The SMILES string of the molecule is Cc1cc(C(=O)OCC(=O)Nc2ccc(C(=O)O)cc2)c2ccccc2n1. The van der Waals surface area contributed by atoms with Gasteiger partial charge in [0, 0.05) is 16.8 Å². The second-order valence-electron chi connectivity index (χ2n) is 5.84. The van der Waals surface area contributed by atoms with Crippen LogP contribution in [0.2, 0.25) is 0 Å². The number of pyridine rings is 1. The second-order valence-corrected chi connectivity index (χ2v) is 5.84. The molecule has 2 N–H and O–H groups in total. The largest absolute Gasteiger partial charge is 0.478 e. The van der Waals surface area contributed by atoms with Crippen LogP contribution in [0.5, 0.6) is 0 Å². The van der Waals surface area contributed by atoms with Crippen LogP contribution < -0.4 is 5.32 Å². The number of ether oxygens (including phenoxy) is 1. The molecule has 2 aromatic carbocycles. The average molecular weight is 364 g/mol. The van der Waals surface area contributed by atoms with Crippen molar-refractivity contribution in [3.8, 4) is 0 Å². The number of hydrogen-bond donors (Lipinski definition) is 2. The van der Waals surface area contributed by atoms with Crippen LogP contribution in [0.1, 0.15) is 26.4 Å². The highest BCUT2D eigenvalue weighted by molar-refractivity contribution is 6.04. The minimum Gasteiger partial charge on any atom is -0.478 e. The van der Waals surface area contributed by atoms with Crippen molar-refractivity contribution in [2.45, 2.75) is 6.92 Å². The fourth-order valence-corrected chi connectivity index (χ4v) is 2.58. The van der Waals surface area contributed by atoms with Crippen molar-refractivity contribution in [1.82, 2.24) is 4.98 Å². The first-order valence-corrected chi connectivity index (χ1v) is 8.11. The van der Waals surface area contributed by atoms with E-state index in [1.807, 2.05) is 6.07 Å². The summed E-state index contributed by atoms with van der Waals surface area (Å²) in [6, 6.07) is 14.5. The summed E-state index contributed by atoms with van der Waals surface area (Å²) in [4.78, 5) is 39.5. The molecule has 0 bridgehead atoms. The number of amides is 1. The van der Waals surface area contributed by atoms with Gasteiger partial charge in [0.1, 0.15) is 0 Å². The van der Waals surface area contributed by atoms with Gasteiger partial charge in [0.15, 0.2) is 6.61 Å². The van der Waals surface area contributed by atoms with Crippen molar-refractivity contribution in [3.05, 3.63) is 71.4 Å². The Balaban J connectivity index is 1.65. The number of anilines is 1. The summed E-state index contributed by atoms with van der Waals surface area (Å²) < 4.78 is 5.11. The highest BCUT2D eigenvalue weighted by Gasteiger charge is 2.15. The number of aryl methyl sites for hydroxylation is 1. The normalized spacial score (nSPS) is 10.4. The van der Waals surface area contributed by atoms with E-state index in [1.54, 1.807) is 31.2 Å². The second kappa shape index (κ2) is 7.65. The first-order chi connectivity index (χ1) is 12.9. The van der Waals surface area contributed by atoms with Crippen LogP contribution in [-0.2, 0) is 9.53 Å². The molecule has 27 heavy (non-hydrogen) atoms. The van der Waals surface area contributed by atoms with Gasteiger partial charge in [0.25, 0.3) is 5.91 Å². The van der Waals surface area contributed by atoms with E-state index in [1.165, 1.54) is 24.3 Å². The number of rotatable bonds is 5. The molecule has 0 aliphatic heterocycles. The number of aromatic nitrogens is 1. The van der Waals surface area contributed by atoms with Crippen LogP contribution in [0, 0.1) is 6.92 Å². The lowest BCUT2D eigenvalue weighted by Gasteiger charge is -2.09. The van der Waals surface area contributed by atoms with E-state index >= 15 is 0 Å². The Bertz CT molecular complexity index is 1030. The van der Waals surface area contributed by atoms with E-state index < -0.39 is 24.5 Å². The molecule has 0 unspecified atom stereocenters. The third-order valence-electron chi connectivity index (χ3n) is 3.81. The molecule has 7 heteroatoms. The summed E-state index contributed by atoms with van der Waals surface area (Å²) in [6.45, 7) is 1.31. The number of carboxylic acid groups (broad SMARTS) is 1. The highest BCUT2D eigenvalue weighted by atomic mass is 16.5. The van der Waals surface area contributed by atoms with Gasteiger partial charge in [-0.2, -0.15) is 0 Å². The quantitative estimate of drug-likeness (QED) is 0.674. The van der Waals surface area contributed by atoms with Crippen LogP contribution in [0.4, 0.5) is 5.69 Å². The minimum atomic E-state index is -1.05. The fraction of sp³-hybridized carbons (Fsp3) is 0.100. The van der Waals surface area contributed by atoms with Gasteiger partial charge in [-0.15, -0.1) is 0 Å². The number of carboxylic acids is 1. The van der Waals surface area contributed by atoms with Gasteiger partial charge in [-0.1, -0.05) is 18.2 Å². The standard InChI is InChI=1S/C20H16N2O5/c1-12-10-16(15-4-2-3-5-17(15)21-12)20(26)27-11-18(23)22-14-8-6-13(7-9-14)19(24)25/h2-10H,11H2,1H3,(H,22,23)(H,24,25). The lowest BCUT2D eigenvalue weighted by Crippen LogP contribution is -2.21. The molecular formula is C20H16N2O5. The Labute approximate surface area is 154 Å². The number of fused-ring (bicyclic) bond motifs is 1. The maximum atomic E-state index is 12.4. The monoisotopic (exact) mass is 364 g/mol. The first-order valence-electron chi connectivity index (χ1n) is 8.11. The van der Waals surface area contributed by atoms with E-state index in [-0.39, 0.29) is 5.56 Å². The highest BCUT2D eigenvalue weighted by Crippen LogP contribution is 2.19. The third-order valence-corrected chi connectivity index (χ3v) is 3.81. The Kier molecular flexibility index (Phi) is 5.12. The summed E-state index contributed by atoms with van der Waals surface area (Å²) in [5.41, 5.74) is 2.21. The zero-order valence-electron chi connectivity index (χ0n) is 14.4. The molecular weight excluding hydrogens is 348 g/mol. The number of nitrogens with one attached hydrogen (secondary N) is 1. The summed E-state index contributed by atoms with van der Waals surface area (Å²) >= 11 is 0. The van der Waals surface area contributed by atoms with Crippen LogP contribution in [0.3, 0.4) is 0 Å². The van der Waals surface area contributed by atoms with E-state index in [0.29, 0.717) is 27.8 Å². The first kappa shape index (κ1) is 18.1. The number of benzene rings is 2. The molecule has 0 aliphatic carbocycles. The number of esters is 1. The smallest absolute Gasteiger partial charge is 0.339 e. The van der Waals surface area contributed by atoms with Crippen LogP contribution in [0.25, 0.3) is 10.9 Å². The van der Waals surface area contributed by atoms with Crippen molar-refractivity contribution in [3.63, 3.8) is 0 Å². The van der Waals surface area contributed by atoms with Crippen molar-refractivity contribution < 1.29 is 24.2 Å². The molecule has 7 nitrogen and oxygen atoms in total. The molecule has 0 fully saturated rings. The summed E-state index contributed by atoms with van der Waals surface area (Å²) in [5, 5.41) is 12.0. The van der Waals surface area contributed by atoms with Crippen molar-refractivity contribution in [1.29, 1.82) is 0 Å². The molecule has 0 aliphatic rings. The molecule has 0 spiro atoms. The summed E-state index contributed by atoms with van der Waals surface area (Å²) in [7, 11) is 0. The molecule has 3 aromatic rings. The van der Waals surface area contributed by atoms with Crippen LogP contribution in [0.15, 0.2) is 54.6 Å². The molecule has 3 rings (SSSR count). The Morgan fingerprint density at radius 2 is 1.78 bits per heavy atom. The van der Waals surface area contributed by atoms with E-state index in [9.17, 15) is 14.4 Å². The molecule has 1 aromatic heterocycles. The van der Waals surface area contributed by atoms with E-state index in [2.05, 4.69) is 10.3 Å². The molecule has 0 radical (unpaired) electrons. The number of carbonyl (C=O) groups is 3. The van der Waals surface area contributed by atoms with Gasteiger partial charge in [-0.05, 0) is 43.3 Å². The summed E-state index contributed by atoms with van der Waals surface area (Å²) in [5.74, 6) is -2.20. The average Bonchev–Trinajstić information content (AvgIpc) is 2.65. The van der Waals surface area contributed by atoms with Gasteiger partial charge in [-0.25, -0.2) is 9.59 Å². The van der Waals surface area contributed by atoms with Crippen LogP contribution >= 0.6 is 0 Å². The zero-order chi connectivity index (χ0) is 19.4. The lowest BCUT2D eigenvalue weighted by atomic mass is 10.1. The molecule has 136 valence electrons. The minimum absolute atomic E-state index is 0.111. The van der Waals surface area contributed by atoms with E-state index in [0.717, 1.165) is 0 Å². The van der Waals surface area contributed by atoms with Gasteiger partial charge in [0.2, 0.25) is 0 Å². The number of nitrogens with zero attached hydrogens (tertiary/aromatic N) is 1. The maximum Gasteiger partial charge on any atom is 0.339 e. The zero-order valence-corrected chi connectivity index (χ0v) is 14.4. The van der Waals surface area contributed by atoms with Gasteiger partial charge < -0.3 is 15.2 Å². The Hall–Kier alpha value is -3.74. The number of carbonyl (C=O) groups excluding carboxylic acids is 2. The molecule has 1 amide bonds. The van der Waals surface area contributed by atoms with Crippen molar-refractivity contribution in [2.75, 3.05) is 11.9 Å². The summed E-state index contributed by atoms with van der Waals surface area (Å²) in [6.07, 6.45) is 0. The van der Waals surface area contributed by atoms with Crippen molar-refractivity contribution in [2.24, 2.45) is 0 Å². The van der Waals surface area contributed by atoms with Crippen molar-refractivity contribution >= 4 is 34.4 Å². The molecule has 1 heterocycles. The lowest BCUT2D eigenvalue weighted by molar-refractivity contribution is -0.119. The van der Waals surface area contributed by atoms with Crippen LogP contribution in [-0.4, -0.2) is 34.5 Å². The maximum absolute atomic E-state index is 12.4. The number of hydrogen-bond acceptors (Lipinski definition) is 5.